The van der Waals surface area contributed by atoms with Crippen molar-refractivity contribution in [2.75, 3.05) is 11.9 Å². The molecule has 1 N–H and O–H groups in total. The van der Waals surface area contributed by atoms with Crippen molar-refractivity contribution in [2.45, 2.75) is 39.5 Å². The number of rotatable bonds is 6. The van der Waals surface area contributed by atoms with Gasteiger partial charge in [0.25, 0.3) is 0 Å². The Labute approximate surface area is 83.6 Å². The van der Waals surface area contributed by atoms with Gasteiger partial charge in [0.05, 0.1) is 0 Å². The van der Waals surface area contributed by atoms with Crippen LogP contribution in [0.1, 0.15) is 37.6 Å². The van der Waals surface area contributed by atoms with Gasteiger partial charge in [0.15, 0.2) is 0 Å². The first-order chi connectivity index (χ1) is 6.33. The Hall–Kier alpha value is -0.640. The average Bonchev–Trinajstić information content (AvgIpc) is 2.51. The Balaban J connectivity index is 2.06. The molecule has 0 radical (unpaired) electrons. The van der Waals surface area contributed by atoms with Crippen molar-refractivity contribution in [3.63, 3.8) is 0 Å². The summed E-state index contributed by atoms with van der Waals surface area (Å²) in [6, 6.07) is 0. The Morgan fingerprint density at radius 1 is 1.23 bits per heavy atom. The number of nitrogens with one attached hydrogen (secondary N) is 1. The molecule has 1 aromatic heterocycles. The van der Waals surface area contributed by atoms with Crippen LogP contribution in [0.2, 0.25) is 0 Å². The third-order valence-electron chi connectivity index (χ3n) is 1.83. The number of anilines is 1. The predicted molar refractivity (Wildman–Crippen MR) is 57.3 cm³/mol. The maximum absolute atomic E-state index is 3.99. The fourth-order valence-electron chi connectivity index (χ4n) is 1.12. The molecule has 0 saturated heterocycles. The standard InChI is InChI=1S/C9H17N3S/c1-3-4-5-6-7-10-9-12-11-8(2)13-9/h3-7H2,1-2H3,(H,10,12). The average molecular weight is 199 g/mol. The lowest BCUT2D eigenvalue weighted by Gasteiger charge is -2.00. The van der Waals surface area contributed by atoms with Gasteiger partial charge in [0.1, 0.15) is 5.01 Å². The Bertz CT molecular complexity index is 235. The van der Waals surface area contributed by atoms with Crippen LogP contribution in [-0.2, 0) is 0 Å². The van der Waals surface area contributed by atoms with Crippen LogP contribution in [0.5, 0.6) is 0 Å². The number of hydrogen-bond acceptors (Lipinski definition) is 4. The minimum Gasteiger partial charge on any atom is -0.360 e. The van der Waals surface area contributed by atoms with Gasteiger partial charge < -0.3 is 5.32 Å². The van der Waals surface area contributed by atoms with E-state index in [-0.39, 0.29) is 0 Å². The molecule has 1 aromatic rings. The van der Waals surface area contributed by atoms with Crippen LogP contribution in [0.3, 0.4) is 0 Å². The first kappa shape index (κ1) is 10.4. The molecule has 0 saturated carbocycles. The van der Waals surface area contributed by atoms with Crippen LogP contribution >= 0.6 is 11.3 Å². The van der Waals surface area contributed by atoms with E-state index >= 15 is 0 Å². The minimum absolute atomic E-state index is 0.953. The van der Waals surface area contributed by atoms with Gasteiger partial charge in [0.2, 0.25) is 5.13 Å². The van der Waals surface area contributed by atoms with Gasteiger partial charge in [-0.25, -0.2) is 0 Å². The molecule has 0 unspecified atom stereocenters. The van der Waals surface area contributed by atoms with E-state index in [0.29, 0.717) is 0 Å². The lowest BCUT2D eigenvalue weighted by Crippen LogP contribution is -2.00. The highest BCUT2D eigenvalue weighted by molar-refractivity contribution is 7.15. The van der Waals surface area contributed by atoms with E-state index in [1.165, 1.54) is 25.7 Å². The number of aryl methyl sites for hydroxylation is 1. The smallest absolute Gasteiger partial charge is 0.205 e. The molecule has 0 aromatic carbocycles. The van der Waals surface area contributed by atoms with Crippen molar-refractivity contribution in [1.82, 2.24) is 10.2 Å². The summed E-state index contributed by atoms with van der Waals surface area (Å²) in [5.41, 5.74) is 0. The summed E-state index contributed by atoms with van der Waals surface area (Å²) in [6.07, 6.45) is 5.16. The highest BCUT2D eigenvalue weighted by Crippen LogP contribution is 2.13. The fraction of sp³-hybridized carbons (Fsp3) is 0.778. The summed E-state index contributed by atoms with van der Waals surface area (Å²) in [4.78, 5) is 0. The van der Waals surface area contributed by atoms with E-state index < -0.39 is 0 Å². The zero-order valence-electron chi connectivity index (χ0n) is 8.34. The molecule has 0 aliphatic carbocycles. The summed E-state index contributed by atoms with van der Waals surface area (Å²) in [7, 11) is 0. The van der Waals surface area contributed by atoms with E-state index in [9.17, 15) is 0 Å². The second kappa shape index (κ2) is 5.91. The van der Waals surface area contributed by atoms with E-state index in [1.807, 2.05) is 6.92 Å². The van der Waals surface area contributed by atoms with Crippen LogP contribution < -0.4 is 5.32 Å². The molecule has 1 rings (SSSR count). The molecule has 0 aliphatic rings. The SMILES string of the molecule is CCCCCCNc1nnc(C)s1. The van der Waals surface area contributed by atoms with Crippen LogP contribution in [0.15, 0.2) is 0 Å². The van der Waals surface area contributed by atoms with Gasteiger partial charge in [-0.15, -0.1) is 10.2 Å². The Kier molecular flexibility index (Phi) is 4.75. The van der Waals surface area contributed by atoms with Gasteiger partial charge in [-0.3, -0.25) is 0 Å². The van der Waals surface area contributed by atoms with E-state index in [4.69, 9.17) is 0 Å². The van der Waals surface area contributed by atoms with Crippen LogP contribution in [0.25, 0.3) is 0 Å². The van der Waals surface area contributed by atoms with Gasteiger partial charge in [-0.2, -0.15) is 0 Å². The van der Waals surface area contributed by atoms with Crippen molar-refractivity contribution < 1.29 is 0 Å². The zero-order chi connectivity index (χ0) is 9.52. The molecule has 0 fully saturated rings. The van der Waals surface area contributed by atoms with Gasteiger partial charge >= 0.3 is 0 Å². The lowest BCUT2D eigenvalue weighted by molar-refractivity contribution is 0.684. The summed E-state index contributed by atoms with van der Waals surface area (Å²) in [5, 5.41) is 13.2. The molecule has 0 bridgehead atoms. The topological polar surface area (TPSA) is 37.8 Å². The quantitative estimate of drug-likeness (QED) is 0.716. The van der Waals surface area contributed by atoms with Crippen molar-refractivity contribution >= 4 is 16.5 Å². The molecule has 1 heterocycles. The molecule has 0 spiro atoms. The van der Waals surface area contributed by atoms with Crippen molar-refractivity contribution in [1.29, 1.82) is 0 Å². The molecular weight excluding hydrogens is 182 g/mol. The normalized spacial score (nSPS) is 10.3. The van der Waals surface area contributed by atoms with Gasteiger partial charge in [-0.05, 0) is 13.3 Å². The molecular formula is C9H17N3S. The molecule has 4 heteroatoms. The van der Waals surface area contributed by atoms with Gasteiger partial charge in [0, 0.05) is 6.54 Å². The molecule has 13 heavy (non-hydrogen) atoms. The number of aromatic nitrogens is 2. The fourth-order valence-corrected chi connectivity index (χ4v) is 1.73. The molecule has 0 atom stereocenters. The second-order valence-corrected chi connectivity index (χ2v) is 4.30. The first-order valence-corrected chi connectivity index (χ1v) is 5.68. The largest absolute Gasteiger partial charge is 0.360 e. The van der Waals surface area contributed by atoms with Crippen molar-refractivity contribution in [3.05, 3.63) is 5.01 Å². The number of nitrogens with zero attached hydrogens (tertiary/aromatic N) is 2. The molecule has 0 amide bonds. The highest BCUT2D eigenvalue weighted by atomic mass is 32.1. The maximum Gasteiger partial charge on any atom is 0.205 e. The number of hydrogen-bond donors (Lipinski definition) is 1. The predicted octanol–water partition coefficient (Wildman–Crippen LogP) is 2.84. The van der Waals surface area contributed by atoms with E-state index in [0.717, 1.165) is 16.7 Å². The first-order valence-electron chi connectivity index (χ1n) is 4.87. The van der Waals surface area contributed by atoms with Crippen LogP contribution in [0.4, 0.5) is 5.13 Å². The summed E-state index contributed by atoms with van der Waals surface area (Å²) in [5.74, 6) is 0. The zero-order valence-corrected chi connectivity index (χ0v) is 9.15. The van der Waals surface area contributed by atoms with E-state index in [1.54, 1.807) is 11.3 Å². The molecule has 74 valence electrons. The van der Waals surface area contributed by atoms with Crippen LogP contribution in [-0.4, -0.2) is 16.7 Å². The van der Waals surface area contributed by atoms with Crippen LogP contribution in [0, 0.1) is 6.92 Å². The lowest BCUT2D eigenvalue weighted by atomic mass is 10.2. The minimum atomic E-state index is 0.953. The third kappa shape index (κ3) is 4.22. The summed E-state index contributed by atoms with van der Waals surface area (Å²) in [6.45, 7) is 5.22. The second-order valence-electron chi connectivity index (χ2n) is 3.11. The monoisotopic (exact) mass is 199 g/mol. The van der Waals surface area contributed by atoms with Gasteiger partial charge in [-0.1, -0.05) is 37.5 Å². The Morgan fingerprint density at radius 3 is 2.69 bits per heavy atom. The van der Waals surface area contributed by atoms with Crippen molar-refractivity contribution in [2.24, 2.45) is 0 Å². The van der Waals surface area contributed by atoms with Crippen molar-refractivity contribution in [3.8, 4) is 0 Å². The Morgan fingerprint density at radius 2 is 2.08 bits per heavy atom. The third-order valence-corrected chi connectivity index (χ3v) is 2.63. The molecule has 3 nitrogen and oxygen atoms in total. The summed E-state index contributed by atoms with van der Waals surface area (Å²) >= 11 is 1.62. The maximum atomic E-state index is 3.99. The highest BCUT2D eigenvalue weighted by Gasteiger charge is 1.97. The summed E-state index contributed by atoms with van der Waals surface area (Å²) < 4.78 is 0. The molecule has 0 aliphatic heterocycles. The van der Waals surface area contributed by atoms with E-state index in [2.05, 4.69) is 22.4 Å². The number of unbranched alkanes of at least 4 members (excludes halogenated alkanes) is 3.